The molecule has 4 N–H and O–H groups in total. The highest BCUT2D eigenvalue weighted by atomic mass is 16.2. The first kappa shape index (κ1) is 21.9. The largest absolute Gasteiger partial charge is 0.368 e. The third-order valence-corrected chi connectivity index (χ3v) is 4.91. The molecule has 0 aliphatic heterocycles. The quantitative estimate of drug-likeness (QED) is 0.512. The Labute approximate surface area is 165 Å². The van der Waals surface area contributed by atoms with Gasteiger partial charge in [0.2, 0.25) is 5.95 Å². The molecule has 1 atom stereocenters. The van der Waals surface area contributed by atoms with Gasteiger partial charge in [-0.05, 0) is 30.6 Å². The van der Waals surface area contributed by atoms with Gasteiger partial charge in [0, 0.05) is 12.1 Å². The lowest BCUT2D eigenvalue weighted by Crippen LogP contribution is -2.43. The van der Waals surface area contributed by atoms with Crippen molar-refractivity contribution in [3.63, 3.8) is 0 Å². The lowest BCUT2D eigenvalue weighted by molar-refractivity contribution is 0.111. The van der Waals surface area contributed by atoms with Crippen LogP contribution in [0.15, 0.2) is 14.4 Å². The first-order valence-corrected chi connectivity index (χ1v) is 9.07. The summed E-state index contributed by atoms with van der Waals surface area (Å²) in [6, 6.07) is 0. The fourth-order valence-electron chi connectivity index (χ4n) is 3.26. The van der Waals surface area contributed by atoms with Crippen LogP contribution in [0.25, 0.3) is 0 Å². The number of nitrogens with two attached hydrogens (primary N) is 1. The molecule has 0 bridgehead atoms. The molecule has 29 heavy (non-hydrogen) atoms. The zero-order valence-electron chi connectivity index (χ0n) is 16.5. The zero-order valence-corrected chi connectivity index (χ0v) is 16.5. The van der Waals surface area contributed by atoms with Crippen molar-refractivity contribution in [3.05, 3.63) is 48.4 Å². The molecule has 0 saturated heterocycles. The highest BCUT2D eigenvalue weighted by Crippen LogP contribution is 2.33. The third-order valence-electron chi connectivity index (χ3n) is 4.91. The summed E-state index contributed by atoms with van der Waals surface area (Å²) in [5.74, 6) is -0.140. The highest BCUT2D eigenvalue weighted by molar-refractivity contribution is 5.82. The number of carbonyl (C=O) groups excluding carboxylic acids is 2. The molecular weight excluding hydrogens is 380 g/mol. The van der Waals surface area contributed by atoms with Gasteiger partial charge in [-0.2, -0.15) is 0 Å². The molecule has 0 radical (unpaired) electrons. The van der Waals surface area contributed by atoms with Crippen LogP contribution in [0.2, 0.25) is 0 Å². The molecule has 0 aliphatic carbocycles. The van der Waals surface area contributed by atoms with E-state index in [1.165, 1.54) is 0 Å². The Morgan fingerprint density at radius 2 is 1.52 bits per heavy atom. The van der Waals surface area contributed by atoms with Crippen molar-refractivity contribution in [2.75, 3.05) is 5.73 Å². The lowest BCUT2D eigenvalue weighted by atomic mass is 9.75. The fourth-order valence-corrected chi connectivity index (χ4v) is 3.26. The zero-order chi connectivity index (χ0) is 21.8. The first-order valence-electron chi connectivity index (χ1n) is 9.07. The smallest absolute Gasteiger partial charge is 0.333 e. The van der Waals surface area contributed by atoms with E-state index in [1.807, 2.05) is 30.7 Å². The monoisotopic (exact) mass is 404 g/mol. The Morgan fingerprint density at radius 3 is 1.97 bits per heavy atom. The third kappa shape index (κ3) is 5.33. The minimum absolute atomic E-state index is 0.0114. The maximum atomic E-state index is 11.9. The minimum atomic E-state index is -0.852. The standard InChI is InChI=1S/C18H24N6O5/c1-18(2,3)10(6-7-24-16(28)22-15(27)23-17(24)29)4-5-11-12(8-25)20-14(19)21-13(11)9-26/h8-10H,4-7H2,1-3H3,(H2,19,20,21)(H2,22,23,27,28,29). The summed E-state index contributed by atoms with van der Waals surface area (Å²) < 4.78 is 0.931. The number of rotatable bonds is 8. The van der Waals surface area contributed by atoms with E-state index >= 15 is 0 Å². The maximum Gasteiger partial charge on any atom is 0.333 e. The van der Waals surface area contributed by atoms with Crippen LogP contribution in [0.4, 0.5) is 5.95 Å². The van der Waals surface area contributed by atoms with Gasteiger partial charge in [0.25, 0.3) is 0 Å². The molecule has 0 aliphatic rings. The first-order chi connectivity index (χ1) is 13.6. The van der Waals surface area contributed by atoms with E-state index in [9.17, 15) is 24.0 Å². The van der Waals surface area contributed by atoms with Crippen molar-refractivity contribution in [3.8, 4) is 0 Å². The van der Waals surface area contributed by atoms with Gasteiger partial charge in [0.15, 0.2) is 12.6 Å². The normalized spacial score (nSPS) is 12.5. The van der Waals surface area contributed by atoms with Crippen LogP contribution < -0.4 is 22.8 Å². The van der Waals surface area contributed by atoms with E-state index in [0.717, 1.165) is 4.57 Å². The number of aromatic amines is 2. The Hall–Kier alpha value is -3.37. The van der Waals surface area contributed by atoms with Crippen LogP contribution in [0.1, 0.15) is 60.2 Å². The van der Waals surface area contributed by atoms with Crippen LogP contribution in [-0.4, -0.2) is 37.1 Å². The number of nitrogens with zero attached hydrogens (tertiary/aromatic N) is 3. The van der Waals surface area contributed by atoms with Gasteiger partial charge in [0.1, 0.15) is 11.4 Å². The van der Waals surface area contributed by atoms with Crippen molar-refractivity contribution >= 4 is 18.5 Å². The van der Waals surface area contributed by atoms with Gasteiger partial charge in [-0.15, -0.1) is 0 Å². The molecular formula is C18H24N6O5. The van der Waals surface area contributed by atoms with E-state index in [1.54, 1.807) is 0 Å². The van der Waals surface area contributed by atoms with Crippen molar-refractivity contribution in [2.24, 2.45) is 11.3 Å². The average molecular weight is 404 g/mol. The van der Waals surface area contributed by atoms with Gasteiger partial charge in [0.05, 0.1) is 0 Å². The molecule has 0 saturated carbocycles. The van der Waals surface area contributed by atoms with Crippen molar-refractivity contribution < 1.29 is 9.59 Å². The number of nitrogens with one attached hydrogen (secondary N) is 2. The Morgan fingerprint density at radius 1 is 1.00 bits per heavy atom. The number of aldehydes is 2. The molecule has 2 aromatic rings. The molecule has 0 aromatic carbocycles. The predicted octanol–water partition coefficient (Wildman–Crippen LogP) is -0.0927. The van der Waals surface area contributed by atoms with Crippen molar-refractivity contribution in [2.45, 2.75) is 46.6 Å². The molecule has 156 valence electrons. The number of H-pyrrole nitrogens is 2. The summed E-state index contributed by atoms with van der Waals surface area (Å²) in [7, 11) is 0. The Kier molecular flexibility index (Phi) is 6.62. The summed E-state index contributed by atoms with van der Waals surface area (Å²) in [6.07, 6.45) is 2.43. The SMILES string of the molecule is CC(C)(C)C(CCc1c(C=O)nc(N)nc1C=O)CCn1c(=O)[nH]c(=O)[nH]c1=O. The summed E-state index contributed by atoms with van der Waals surface area (Å²) in [4.78, 5) is 69.4. The van der Waals surface area contributed by atoms with E-state index in [0.29, 0.717) is 37.4 Å². The van der Waals surface area contributed by atoms with Gasteiger partial charge in [-0.25, -0.2) is 28.9 Å². The number of anilines is 1. The summed E-state index contributed by atoms with van der Waals surface area (Å²) in [5.41, 5.74) is 3.48. The molecule has 0 spiro atoms. The summed E-state index contributed by atoms with van der Waals surface area (Å²) >= 11 is 0. The number of nitrogen functional groups attached to an aromatic ring is 1. The molecule has 0 fully saturated rings. The number of carbonyl (C=O) groups is 2. The second-order valence-electron chi connectivity index (χ2n) is 7.80. The Balaban J connectivity index is 2.25. The van der Waals surface area contributed by atoms with E-state index < -0.39 is 17.1 Å². The number of aromatic nitrogens is 5. The van der Waals surface area contributed by atoms with Gasteiger partial charge >= 0.3 is 17.1 Å². The second-order valence-corrected chi connectivity index (χ2v) is 7.80. The van der Waals surface area contributed by atoms with Crippen molar-refractivity contribution in [1.82, 2.24) is 24.5 Å². The second kappa shape index (κ2) is 8.76. The van der Waals surface area contributed by atoms with Gasteiger partial charge in [-0.3, -0.25) is 19.6 Å². The topological polar surface area (TPSA) is 174 Å². The van der Waals surface area contributed by atoms with Crippen LogP contribution in [0.3, 0.4) is 0 Å². The summed E-state index contributed by atoms with van der Waals surface area (Å²) in [5, 5.41) is 0. The minimum Gasteiger partial charge on any atom is -0.368 e. The van der Waals surface area contributed by atoms with E-state index in [4.69, 9.17) is 5.73 Å². The molecule has 2 aromatic heterocycles. The molecule has 2 heterocycles. The van der Waals surface area contributed by atoms with E-state index in [-0.39, 0.29) is 35.2 Å². The van der Waals surface area contributed by atoms with Gasteiger partial charge < -0.3 is 5.73 Å². The number of hydrogen-bond donors (Lipinski definition) is 3. The number of hydrogen-bond acceptors (Lipinski definition) is 8. The highest BCUT2D eigenvalue weighted by Gasteiger charge is 2.26. The van der Waals surface area contributed by atoms with E-state index in [2.05, 4.69) is 9.97 Å². The van der Waals surface area contributed by atoms with Crippen LogP contribution >= 0.6 is 0 Å². The predicted molar refractivity (Wildman–Crippen MR) is 105 cm³/mol. The Bertz CT molecular complexity index is 1010. The van der Waals surface area contributed by atoms with Crippen LogP contribution in [0, 0.1) is 11.3 Å². The summed E-state index contributed by atoms with van der Waals surface area (Å²) in [6.45, 7) is 6.14. The molecule has 11 nitrogen and oxygen atoms in total. The van der Waals surface area contributed by atoms with Gasteiger partial charge in [-0.1, -0.05) is 20.8 Å². The average Bonchev–Trinajstić information content (AvgIpc) is 2.62. The molecule has 11 heteroatoms. The van der Waals surface area contributed by atoms with Crippen LogP contribution in [-0.2, 0) is 13.0 Å². The fraction of sp³-hybridized carbons (Fsp3) is 0.500. The lowest BCUT2D eigenvalue weighted by Gasteiger charge is -2.31. The van der Waals surface area contributed by atoms with Crippen molar-refractivity contribution in [1.29, 1.82) is 0 Å². The maximum absolute atomic E-state index is 11.9. The molecule has 2 rings (SSSR count). The molecule has 1 unspecified atom stereocenters. The molecule has 0 amide bonds. The van der Waals surface area contributed by atoms with Crippen LogP contribution in [0.5, 0.6) is 0 Å².